The van der Waals surface area contributed by atoms with Gasteiger partial charge in [0.1, 0.15) is 0 Å². The van der Waals surface area contributed by atoms with Crippen LogP contribution in [0.5, 0.6) is 0 Å². The number of hydrogen-bond donors (Lipinski definition) is 1. The van der Waals surface area contributed by atoms with Crippen molar-refractivity contribution in [2.75, 3.05) is 0 Å². The lowest BCUT2D eigenvalue weighted by Gasteiger charge is -2.24. The number of halogens is 1. The second kappa shape index (κ2) is 4.61. The van der Waals surface area contributed by atoms with Crippen molar-refractivity contribution in [3.05, 3.63) is 47.0 Å². The lowest BCUT2D eigenvalue weighted by Crippen LogP contribution is -2.29. The van der Waals surface area contributed by atoms with Crippen molar-refractivity contribution in [2.45, 2.75) is 44.9 Å². The summed E-state index contributed by atoms with van der Waals surface area (Å²) in [4.78, 5) is 0. The minimum Gasteiger partial charge on any atom is -0.390 e. The minimum atomic E-state index is -1.67. The maximum Gasteiger partial charge on any atom is 0.158 e. The van der Waals surface area contributed by atoms with Crippen LogP contribution >= 0.6 is 0 Å². The van der Waals surface area contributed by atoms with E-state index < -0.39 is 11.8 Å². The van der Waals surface area contributed by atoms with Crippen molar-refractivity contribution in [1.29, 1.82) is 0 Å². The van der Waals surface area contributed by atoms with Gasteiger partial charge in [0, 0.05) is 0 Å². The quantitative estimate of drug-likeness (QED) is 0.790. The fourth-order valence-electron chi connectivity index (χ4n) is 1.75. The van der Waals surface area contributed by atoms with E-state index >= 15 is 0 Å². The number of benzene rings is 1. The van der Waals surface area contributed by atoms with E-state index in [0.29, 0.717) is 5.56 Å². The zero-order valence-corrected chi connectivity index (χ0v) is 10.4. The molecule has 1 N–H and O–H groups in total. The molecular weight excluding hydrogens is 215 g/mol. The largest absolute Gasteiger partial charge is 0.390 e. The molecule has 0 amide bonds. The van der Waals surface area contributed by atoms with Gasteiger partial charge in [-0.15, -0.1) is 0 Å². The van der Waals surface area contributed by atoms with Crippen LogP contribution in [0.15, 0.2) is 35.9 Å². The molecule has 1 aliphatic rings. The molecule has 0 radical (unpaired) electrons. The van der Waals surface area contributed by atoms with Crippen LogP contribution in [0.25, 0.3) is 0 Å². The monoisotopic (exact) mass is 234 g/mol. The van der Waals surface area contributed by atoms with Gasteiger partial charge >= 0.3 is 0 Å². The van der Waals surface area contributed by atoms with Gasteiger partial charge in [0.15, 0.2) is 5.67 Å². The zero-order valence-electron chi connectivity index (χ0n) is 10.4. The third-order valence-electron chi connectivity index (χ3n) is 3.47. The molecule has 1 aliphatic carbocycles. The predicted molar refractivity (Wildman–Crippen MR) is 67.6 cm³/mol. The summed E-state index contributed by atoms with van der Waals surface area (Å²) in [6, 6.07) is 7.42. The Morgan fingerprint density at radius 2 is 1.94 bits per heavy atom. The highest BCUT2D eigenvalue weighted by atomic mass is 19.1. The lowest BCUT2D eigenvalue weighted by molar-refractivity contribution is 0.0135. The Morgan fingerprint density at radius 3 is 2.41 bits per heavy atom. The maximum absolute atomic E-state index is 14.1. The normalized spacial score (nSPS) is 19.6. The Balaban J connectivity index is 2.09. The molecule has 1 aromatic rings. The molecule has 1 fully saturated rings. The average molecular weight is 234 g/mol. The highest BCUT2D eigenvalue weighted by molar-refractivity contribution is 5.30. The van der Waals surface area contributed by atoms with Crippen molar-refractivity contribution in [1.82, 2.24) is 0 Å². The molecule has 0 saturated heterocycles. The smallest absolute Gasteiger partial charge is 0.158 e. The van der Waals surface area contributed by atoms with Crippen molar-refractivity contribution in [2.24, 2.45) is 0 Å². The fraction of sp³-hybridized carbons (Fsp3) is 0.467. The van der Waals surface area contributed by atoms with E-state index in [9.17, 15) is 9.50 Å². The van der Waals surface area contributed by atoms with Gasteiger partial charge in [-0.1, -0.05) is 35.9 Å². The van der Waals surface area contributed by atoms with Crippen molar-refractivity contribution < 1.29 is 9.50 Å². The van der Waals surface area contributed by atoms with Crippen molar-refractivity contribution in [3.63, 3.8) is 0 Å². The van der Waals surface area contributed by atoms with Gasteiger partial charge in [-0.25, -0.2) is 4.39 Å². The van der Waals surface area contributed by atoms with Gasteiger partial charge in [0.05, 0.1) is 6.10 Å². The van der Waals surface area contributed by atoms with Crippen molar-refractivity contribution >= 4 is 0 Å². The Morgan fingerprint density at radius 1 is 1.35 bits per heavy atom. The highest BCUT2D eigenvalue weighted by Gasteiger charge is 2.31. The molecule has 1 aromatic carbocycles. The van der Waals surface area contributed by atoms with Gasteiger partial charge < -0.3 is 5.11 Å². The maximum atomic E-state index is 14.1. The molecule has 2 rings (SSSR count). The summed E-state index contributed by atoms with van der Waals surface area (Å²) >= 11 is 0. The minimum absolute atomic E-state index is 0.537. The molecule has 1 saturated carbocycles. The summed E-state index contributed by atoms with van der Waals surface area (Å²) in [5, 5.41) is 9.40. The second-order valence-corrected chi connectivity index (χ2v) is 5.01. The van der Waals surface area contributed by atoms with Crippen LogP contribution in [0, 0.1) is 0 Å². The topological polar surface area (TPSA) is 20.2 Å². The summed E-state index contributed by atoms with van der Waals surface area (Å²) in [5.74, 6) is 0. The van der Waals surface area contributed by atoms with E-state index in [2.05, 4.69) is 6.08 Å². The first kappa shape index (κ1) is 12.3. The van der Waals surface area contributed by atoms with E-state index in [4.69, 9.17) is 0 Å². The van der Waals surface area contributed by atoms with Gasteiger partial charge in [-0.05, 0) is 44.2 Å². The standard InChI is InChI=1S/C15H19FO/c1-11(17)15(2,16)14-9-7-13(8-10-14)6-5-12-3-4-12/h5,7-11,17H,3-4,6H2,1-2H3. The number of allylic oxidation sites excluding steroid dienone is 2. The summed E-state index contributed by atoms with van der Waals surface area (Å²) in [7, 11) is 0. The summed E-state index contributed by atoms with van der Waals surface area (Å²) < 4.78 is 14.1. The molecule has 0 spiro atoms. The average Bonchev–Trinajstić information content (AvgIpc) is 3.10. The molecule has 92 valence electrons. The first-order valence-corrected chi connectivity index (χ1v) is 6.14. The summed E-state index contributed by atoms with van der Waals surface area (Å²) in [6.45, 7) is 2.89. The molecular formula is C15H19FO. The van der Waals surface area contributed by atoms with Crippen LogP contribution < -0.4 is 0 Å². The number of alkyl halides is 1. The van der Waals surface area contributed by atoms with Crippen LogP contribution in [-0.4, -0.2) is 11.2 Å². The van der Waals surface area contributed by atoms with Gasteiger partial charge in [-0.2, -0.15) is 0 Å². The first-order chi connectivity index (χ1) is 8.00. The Labute approximate surface area is 102 Å². The van der Waals surface area contributed by atoms with Crippen LogP contribution in [0.4, 0.5) is 4.39 Å². The molecule has 0 aromatic heterocycles. The fourth-order valence-corrected chi connectivity index (χ4v) is 1.75. The zero-order chi connectivity index (χ0) is 12.5. The van der Waals surface area contributed by atoms with Gasteiger partial charge in [-0.3, -0.25) is 0 Å². The van der Waals surface area contributed by atoms with E-state index in [1.54, 1.807) is 12.1 Å². The van der Waals surface area contributed by atoms with Gasteiger partial charge in [0.25, 0.3) is 0 Å². The number of aliphatic hydroxyl groups is 1. The Hall–Kier alpha value is -1.15. The van der Waals surface area contributed by atoms with Crippen LogP contribution in [0.1, 0.15) is 37.8 Å². The predicted octanol–water partition coefficient (Wildman–Crippen LogP) is 3.51. The third kappa shape index (κ3) is 2.95. The molecule has 17 heavy (non-hydrogen) atoms. The SMILES string of the molecule is CC(O)C(C)(F)c1ccc(CC=C2CC2)cc1. The molecule has 0 heterocycles. The highest BCUT2D eigenvalue weighted by Crippen LogP contribution is 2.30. The van der Waals surface area contributed by atoms with E-state index in [1.807, 2.05) is 12.1 Å². The molecule has 2 heteroatoms. The summed E-state index contributed by atoms with van der Waals surface area (Å²) in [6.07, 6.45) is 4.65. The van der Waals surface area contributed by atoms with Crippen LogP contribution in [0.3, 0.4) is 0 Å². The van der Waals surface area contributed by atoms with E-state index in [-0.39, 0.29) is 0 Å². The van der Waals surface area contributed by atoms with Crippen LogP contribution in [-0.2, 0) is 12.1 Å². The van der Waals surface area contributed by atoms with Crippen LogP contribution in [0.2, 0.25) is 0 Å². The number of rotatable bonds is 4. The summed E-state index contributed by atoms with van der Waals surface area (Å²) in [5.41, 5.74) is 1.58. The van der Waals surface area contributed by atoms with Crippen molar-refractivity contribution in [3.8, 4) is 0 Å². The second-order valence-electron chi connectivity index (χ2n) is 5.01. The van der Waals surface area contributed by atoms with E-state index in [0.717, 1.165) is 6.42 Å². The molecule has 2 unspecified atom stereocenters. The molecule has 2 atom stereocenters. The number of aliphatic hydroxyl groups excluding tert-OH is 1. The molecule has 0 bridgehead atoms. The van der Waals surface area contributed by atoms with E-state index in [1.165, 1.54) is 37.8 Å². The molecule has 1 nitrogen and oxygen atoms in total. The first-order valence-electron chi connectivity index (χ1n) is 6.14. The Kier molecular flexibility index (Phi) is 3.34. The Bertz CT molecular complexity index is 409. The number of hydrogen-bond acceptors (Lipinski definition) is 1. The molecule has 0 aliphatic heterocycles. The van der Waals surface area contributed by atoms with Gasteiger partial charge in [0.2, 0.25) is 0 Å². The third-order valence-corrected chi connectivity index (χ3v) is 3.47. The lowest BCUT2D eigenvalue weighted by atomic mass is 9.92.